The van der Waals surface area contributed by atoms with Crippen molar-refractivity contribution < 1.29 is 4.79 Å². The standard InChI is InChI=1S/C15H18BrN3O/c1-11-13(3-2-4-14(11)16)15(20)18-12-5-8-19(9-6-12)10-7-17/h2-4,12H,5-6,8-10H2,1H3,(H,18,20). The molecule has 1 N–H and O–H groups in total. The van der Waals surface area contributed by atoms with Gasteiger partial charge in [0, 0.05) is 29.2 Å². The lowest BCUT2D eigenvalue weighted by molar-refractivity contribution is 0.0913. The fourth-order valence-electron chi connectivity index (χ4n) is 2.45. The van der Waals surface area contributed by atoms with Gasteiger partial charge in [-0.2, -0.15) is 5.26 Å². The summed E-state index contributed by atoms with van der Waals surface area (Å²) in [5.74, 6) is -0.0115. The van der Waals surface area contributed by atoms with E-state index in [-0.39, 0.29) is 11.9 Å². The monoisotopic (exact) mass is 335 g/mol. The second kappa shape index (κ2) is 6.87. The first kappa shape index (κ1) is 15.0. The van der Waals surface area contributed by atoms with Crippen molar-refractivity contribution in [2.24, 2.45) is 0 Å². The summed E-state index contributed by atoms with van der Waals surface area (Å²) < 4.78 is 0.953. The molecule has 0 spiro atoms. The Hall–Kier alpha value is -1.38. The zero-order chi connectivity index (χ0) is 14.5. The molecule has 0 bridgehead atoms. The van der Waals surface area contributed by atoms with Crippen molar-refractivity contribution in [3.05, 3.63) is 33.8 Å². The van der Waals surface area contributed by atoms with Crippen LogP contribution >= 0.6 is 15.9 Å². The molecule has 2 rings (SSSR count). The number of halogens is 1. The van der Waals surface area contributed by atoms with Gasteiger partial charge in [0.15, 0.2) is 0 Å². The second-order valence-corrected chi connectivity index (χ2v) is 5.95. The first-order chi connectivity index (χ1) is 9.61. The maximum Gasteiger partial charge on any atom is 0.251 e. The Morgan fingerprint density at radius 1 is 1.50 bits per heavy atom. The van der Waals surface area contributed by atoms with E-state index in [1.165, 1.54) is 0 Å². The molecule has 4 nitrogen and oxygen atoms in total. The predicted molar refractivity (Wildman–Crippen MR) is 81.4 cm³/mol. The van der Waals surface area contributed by atoms with Gasteiger partial charge >= 0.3 is 0 Å². The van der Waals surface area contributed by atoms with Gasteiger partial charge in [0.05, 0.1) is 12.6 Å². The van der Waals surface area contributed by atoms with E-state index in [1.54, 1.807) is 0 Å². The summed E-state index contributed by atoms with van der Waals surface area (Å²) in [6, 6.07) is 8.03. The van der Waals surface area contributed by atoms with Gasteiger partial charge in [-0.25, -0.2) is 0 Å². The molecule has 106 valence electrons. The number of nitrogens with one attached hydrogen (secondary N) is 1. The van der Waals surface area contributed by atoms with E-state index >= 15 is 0 Å². The Bertz CT molecular complexity index is 530. The summed E-state index contributed by atoms with van der Waals surface area (Å²) in [4.78, 5) is 14.4. The molecule has 1 fully saturated rings. The highest BCUT2D eigenvalue weighted by atomic mass is 79.9. The quantitative estimate of drug-likeness (QED) is 0.863. The van der Waals surface area contributed by atoms with E-state index in [0.717, 1.165) is 41.5 Å². The SMILES string of the molecule is Cc1c(Br)cccc1C(=O)NC1CCN(CC#N)CC1. The van der Waals surface area contributed by atoms with Crippen molar-refractivity contribution in [3.8, 4) is 6.07 Å². The minimum Gasteiger partial charge on any atom is -0.349 e. The maximum absolute atomic E-state index is 12.3. The molecular formula is C15H18BrN3O. The molecule has 0 unspecified atom stereocenters. The van der Waals surface area contributed by atoms with Crippen LogP contribution < -0.4 is 5.32 Å². The molecule has 0 atom stereocenters. The third-order valence-corrected chi connectivity index (χ3v) is 4.59. The highest BCUT2D eigenvalue weighted by molar-refractivity contribution is 9.10. The number of carbonyl (C=O) groups excluding carboxylic acids is 1. The predicted octanol–water partition coefficient (Wildman–Crippen LogP) is 2.48. The smallest absolute Gasteiger partial charge is 0.251 e. The molecule has 1 heterocycles. The molecular weight excluding hydrogens is 318 g/mol. The van der Waals surface area contributed by atoms with Gasteiger partial charge in [0.2, 0.25) is 0 Å². The number of likely N-dealkylation sites (tertiary alicyclic amines) is 1. The lowest BCUT2D eigenvalue weighted by atomic mass is 10.0. The van der Waals surface area contributed by atoms with Crippen LogP contribution in [0.3, 0.4) is 0 Å². The van der Waals surface area contributed by atoms with Crippen molar-refractivity contribution in [1.82, 2.24) is 10.2 Å². The Balaban J connectivity index is 1.93. The highest BCUT2D eigenvalue weighted by Crippen LogP contribution is 2.20. The first-order valence-corrected chi connectivity index (χ1v) is 7.56. The lowest BCUT2D eigenvalue weighted by Gasteiger charge is -2.30. The van der Waals surface area contributed by atoms with E-state index < -0.39 is 0 Å². The third kappa shape index (κ3) is 3.59. The first-order valence-electron chi connectivity index (χ1n) is 6.77. The van der Waals surface area contributed by atoms with Crippen LogP contribution in [0.25, 0.3) is 0 Å². The van der Waals surface area contributed by atoms with E-state index in [1.807, 2.05) is 25.1 Å². The summed E-state index contributed by atoms with van der Waals surface area (Å²) in [7, 11) is 0. The number of nitriles is 1. The average molecular weight is 336 g/mol. The zero-order valence-corrected chi connectivity index (χ0v) is 13.1. The minimum atomic E-state index is -0.0115. The molecule has 0 aromatic heterocycles. The van der Waals surface area contributed by atoms with Gasteiger partial charge < -0.3 is 5.32 Å². The number of amides is 1. The van der Waals surface area contributed by atoms with Crippen molar-refractivity contribution in [3.63, 3.8) is 0 Å². The molecule has 0 radical (unpaired) electrons. The van der Waals surface area contributed by atoms with Crippen molar-refractivity contribution in [2.45, 2.75) is 25.8 Å². The van der Waals surface area contributed by atoms with Crippen LogP contribution in [0.5, 0.6) is 0 Å². The van der Waals surface area contributed by atoms with Gasteiger partial charge in [-0.3, -0.25) is 9.69 Å². The number of carbonyl (C=O) groups is 1. The van der Waals surface area contributed by atoms with Crippen LogP contribution in [0.2, 0.25) is 0 Å². The fourth-order valence-corrected chi connectivity index (χ4v) is 2.82. The third-order valence-electron chi connectivity index (χ3n) is 3.73. The Morgan fingerprint density at radius 3 is 2.85 bits per heavy atom. The molecule has 20 heavy (non-hydrogen) atoms. The molecule has 0 saturated carbocycles. The molecule has 1 aromatic carbocycles. The fraction of sp³-hybridized carbons (Fsp3) is 0.467. The van der Waals surface area contributed by atoms with Crippen molar-refractivity contribution >= 4 is 21.8 Å². The van der Waals surface area contributed by atoms with E-state index in [2.05, 4.69) is 32.2 Å². The van der Waals surface area contributed by atoms with Crippen LogP contribution in [0.15, 0.2) is 22.7 Å². The largest absolute Gasteiger partial charge is 0.349 e. The number of benzene rings is 1. The van der Waals surface area contributed by atoms with E-state index in [4.69, 9.17) is 5.26 Å². The summed E-state index contributed by atoms with van der Waals surface area (Å²) in [5, 5.41) is 11.8. The summed E-state index contributed by atoms with van der Waals surface area (Å²) in [5.41, 5.74) is 1.69. The van der Waals surface area contributed by atoms with Crippen molar-refractivity contribution in [1.29, 1.82) is 5.26 Å². The van der Waals surface area contributed by atoms with Crippen LogP contribution in [0.1, 0.15) is 28.8 Å². The van der Waals surface area contributed by atoms with E-state index in [9.17, 15) is 4.79 Å². The number of nitrogens with zero attached hydrogens (tertiary/aromatic N) is 2. The molecule has 1 saturated heterocycles. The zero-order valence-electron chi connectivity index (χ0n) is 11.5. The molecule has 1 amide bonds. The molecule has 1 aromatic rings. The number of rotatable bonds is 3. The van der Waals surface area contributed by atoms with Crippen LogP contribution in [-0.4, -0.2) is 36.5 Å². The van der Waals surface area contributed by atoms with Gasteiger partial charge in [-0.05, 0) is 37.5 Å². The molecule has 0 aliphatic carbocycles. The van der Waals surface area contributed by atoms with Crippen LogP contribution in [-0.2, 0) is 0 Å². The summed E-state index contributed by atoms with van der Waals surface area (Å²) in [6.07, 6.45) is 1.81. The number of hydrogen-bond donors (Lipinski definition) is 1. The Kier molecular flexibility index (Phi) is 5.16. The Labute approximate surface area is 127 Å². The average Bonchev–Trinajstić information content (AvgIpc) is 2.44. The normalized spacial score (nSPS) is 16.6. The molecule has 1 aliphatic heterocycles. The van der Waals surface area contributed by atoms with Crippen molar-refractivity contribution in [2.75, 3.05) is 19.6 Å². The minimum absolute atomic E-state index is 0.0115. The topological polar surface area (TPSA) is 56.1 Å². The molecule has 5 heteroatoms. The van der Waals surface area contributed by atoms with Crippen LogP contribution in [0.4, 0.5) is 0 Å². The Morgan fingerprint density at radius 2 is 2.20 bits per heavy atom. The number of piperidine rings is 1. The molecule has 1 aliphatic rings. The van der Waals surface area contributed by atoms with Crippen LogP contribution in [0, 0.1) is 18.3 Å². The summed E-state index contributed by atoms with van der Waals surface area (Å²) in [6.45, 7) is 4.16. The second-order valence-electron chi connectivity index (χ2n) is 5.09. The van der Waals surface area contributed by atoms with E-state index in [0.29, 0.717) is 6.54 Å². The summed E-state index contributed by atoms with van der Waals surface area (Å²) >= 11 is 3.45. The lowest BCUT2D eigenvalue weighted by Crippen LogP contribution is -2.44. The van der Waals surface area contributed by atoms with Gasteiger partial charge in [0.25, 0.3) is 5.91 Å². The maximum atomic E-state index is 12.3. The van der Waals surface area contributed by atoms with Gasteiger partial charge in [0.1, 0.15) is 0 Å². The number of hydrogen-bond acceptors (Lipinski definition) is 3. The van der Waals surface area contributed by atoms with Gasteiger partial charge in [-0.1, -0.05) is 22.0 Å². The highest BCUT2D eigenvalue weighted by Gasteiger charge is 2.21. The van der Waals surface area contributed by atoms with Gasteiger partial charge in [-0.15, -0.1) is 0 Å².